The van der Waals surface area contributed by atoms with Gasteiger partial charge < -0.3 is 4.90 Å². The van der Waals surface area contributed by atoms with E-state index in [4.69, 9.17) is 0 Å². The van der Waals surface area contributed by atoms with Gasteiger partial charge in [0, 0.05) is 45.1 Å². The second-order valence-electron chi connectivity index (χ2n) is 5.13. The highest BCUT2D eigenvalue weighted by Crippen LogP contribution is 2.36. The standard InChI is InChI=1S/C14H15F3N4S/c15-14(16,17)12-9-19-13(22-12)21-6-4-20(5-7-21)10-11-2-1-3-18-8-11/h1-3,8-9H,4-7,10H2. The quantitative estimate of drug-likeness (QED) is 0.867. The van der Waals surface area contributed by atoms with Crippen molar-refractivity contribution in [3.63, 3.8) is 0 Å². The van der Waals surface area contributed by atoms with E-state index in [1.807, 2.05) is 23.2 Å². The van der Waals surface area contributed by atoms with Crippen molar-refractivity contribution in [2.45, 2.75) is 12.7 Å². The van der Waals surface area contributed by atoms with Crippen molar-refractivity contribution in [1.29, 1.82) is 0 Å². The molecule has 2 aromatic heterocycles. The van der Waals surface area contributed by atoms with Gasteiger partial charge in [-0.05, 0) is 11.6 Å². The molecule has 0 unspecified atom stereocenters. The number of pyridine rings is 1. The van der Waals surface area contributed by atoms with Crippen molar-refractivity contribution in [2.24, 2.45) is 0 Å². The molecule has 1 aliphatic rings. The van der Waals surface area contributed by atoms with Gasteiger partial charge in [0.15, 0.2) is 5.13 Å². The summed E-state index contributed by atoms with van der Waals surface area (Å²) in [6.45, 7) is 3.79. The third-order valence-electron chi connectivity index (χ3n) is 3.54. The summed E-state index contributed by atoms with van der Waals surface area (Å²) < 4.78 is 37.8. The average molecular weight is 328 g/mol. The van der Waals surface area contributed by atoms with E-state index in [2.05, 4.69) is 14.9 Å². The predicted octanol–water partition coefficient (Wildman–Crippen LogP) is 2.88. The third kappa shape index (κ3) is 3.56. The van der Waals surface area contributed by atoms with Crippen LogP contribution in [0, 0.1) is 0 Å². The number of halogens is 3. The van der Waals surface area contributed by atoms with Crippen molar-refractivity contribution in [2.75, 3.05) is 31.1 Å². The van der Waals surface area contributed by atoms with Gasteiger partial charge in [-0.1, -0.05) is 17.4 Å². The minimum atomic E-state index is -4.31. The zero-order chi connectivity index (χ0) is 15.6. The van der Waals surface area contributed by atoms with Gasteiger partial charge in [0.05, 0.1) is 6.20 Å². The Morgan fingerprint density at radius 2 is 1.91 bits per heavy atom. The molecule has 4 nitrogen and oxygen atoms in total. The normalized spacial score (nSPS) is 17.0. The Labute approximate surface area is 130 Å². The topological polar surface area (TPSA) is 32.3 Å². The number of alkyl halides is 3. The molecule has 0 amide bonds. The number of hydrogen-bond acceptors (Lipinski definition) is 5. The van der Waals surface area contributed by atoms with E-state index in [9.17, 15) is 13.2 Å². The minimum absolute atomic E-state index is 0.452. The molecular formula is C14H15F3N4S. The van der Waals surface area contributed by atoms with Gasteiger partial charge in [-0.2, -0.15) is 13.2 Å². The molecule has 1 fully saturated rings. The van der Waals surface area contributed by atoms with Crippen LogP contribution in [0.25, 0.3) is 0 Å². The van der Waals surface area contributed by atoms with Crippen molar-refractivity contribution in [3.05, 3.63) is 41.2 Å². The third-order valence-corrected chi connectivity index (χ3v) is 4.65. The van der Waals surface area contributed by atoms with Gasteiger partial charge in [-0.3, -0.25) is 9.88 Å². The first kappa shape index (κ1) is 15.2. The first-order valence-electron chi connectivity index (χ1n) is 6.91. The maximum atomic E-state index is 12.6. The van der Waals surface area contributed by atoms with E-state index in [-0.39, 0.29) is 0 Å². The molecule has 3 rings (SSSR count). The summed E-state index contributed by atoms with van der Waals surface area (Å²) in [5, 5.41) is 0.452. The lowest BCUT2D eigenvalue weighted by Crippen LogP contribution is -2.45. The second-order valence-corrected chi connectivity index (χ2v) is 6.14. The largest absolute Gasteiger partial charge is 0.427 e. The summed E-state index contributed by atoms with van der Waals surface area (Å²) >= 11 is 0.713. The Morgan fingerprint density at radius 3 is 2.50 bits per heavy atom. The van der Waals surface area contributed by atoms with Gasteiger partial charge in [0.25, 0.3) is 0 Å². The molecule has 118 valence electrons. The predicted molar refractivity (Wildman–Crippen MR) is 78.8 cm³/mol. The fourth-order valence-corrected chi connectivity index (χ4v) is 3.22. The van der Waals surface area contributed by atoms with E-state index in [1.54, 1.807) is 6.20 Å². The van der Waals surface area contributed by atoms with E-state index < -0.39 is 11.1 Å². The monoisotopic (exact) mass is 328 g/mol. The maximum Gasteiger partial charge on any atom is 0.427 e. The lowest BCUT2D eigenvalue weighted by molar-refractivity contribution is -0.134. The van der Waals surface area contributed by atoms with Crippen molar-refractivity contribution in [1.82, 2.24) is 14.9 Å². The molecule has 0 spiro atoms. The Kier molecular flexibility index (Phi) is 4.30. The average Bonchev–Trinajstić information content (AvgIpc) is 2.99. The number of anilines is 1. The maximum absolute atomic E-state index is 12.6. The highest BCUT2D eigenvalue weighted by Gasteiger charge is 2.34. The minimum Gasteiger partial charge on any atom is -0.346 e. The molecule has 2 aromatic rings. The van der Waals surface area contributed by atoms with Gasteiger partial charge >= 0.3 is 6.18 Å². The molecule has 0 radical (unpaired) electrons. The summed E-state index contributed by atoms with van der Waals surface area (Å²) in [6.07, 6.45) is 0.186. The smallest absolute Gasteiger partial charge is 0.346 e. The molecule has 0 aromatic carbocycles. The van der Waals surface area contributed by atoms with E-state index in [0.717, 1.165) is 31.4 Å². The summed E-state index contributed by atoms with van der Waals surface area (Å²) in [5.74, 6) is 0. The van der Waals surface area contributed by atoms with Crippen LogP contribution in [0.4, 0.5) is 18.3 Å². The van der Waals surface area contributed by atoms with Gasteiger partial charge in [0.2, 0.25) is 0 Å². The molecule has 8 heteroatoms. The molecule has 3 heterocycles. The summed E-state index contributed by atoms with van der Waals surface area (Å²) in [5.41, 5.74) is 1.14. The zero-order valence-corrected chi connectivity index (χ0v) is 12.6. The summed E-state index contributed by atoms with van der Waals surface area (Å²) in [4.78, 5) is 11.5. The number of thiazole rings is 1. The number of aromatic nitrogens is 2. The Hall–Kier alpha value is -1.67. The van der Waals surface area contributed by atoms with E-state index >= 15 is 0 Å². The van der Waals surface area contributed by atoms with Crippen molar-refractivity contribution < 1.29 is 13.2 Å². The van der Waals surface area contributed by atoms with Crippen LogP contribution in [-0.2, 0) is 12.7 Å². The molecule has 0 atom stereocenters. The number of rotatable bonds is 3. The van der Waals surface area contributed by atoms with Crippen LogP contribution in [0.1, 0.15) is 10.4 Å². The lowest BCUT2D eigenvalue weighted by atomic mass is 10.2. The number of nitrogens with zero attached hydrogens (tertiary/aromatic N) is 4. The number of piperazine rings is 1. The molecule has 1 saturated heterocycles. The molecule has 22 heavy (non-hydrogen) atoms. The molecule has 1 aliphatic heterocycles. The van der Waals surface area contributed by atoms with E-state index in [1.165, 1.54) is 0 Å². The Morgan fingerprint density at radius 1 is 1.14 bits per heavy atom. The SMILES string of the molecule is FC(F)(F)c1cnc(N2CCN(Cc3cccnc3)CC2)s1. The molecule has 0 N–H and O–H groups in total. The fourth-order valence-electron chi connectivity index (χ4n) is 2.39. The number of hydrogen-bond donors (Lipinski definition) is 0. The first-order chi connectivity index (χ1) is 10.5. The van der Waals surface area contributed by atoms with Crippen LogP contribution in [-0.4, -0.2) is 41.0 Å². The van der Waals surface area contributed by atoms with Gasteiger partial charge in [-0.25, -0.2) is 4.98 Å². The summed E-state index contributed by atoms with van der Waals surface area (Å²) in [7, 11) is 0. The molecule has 0 saturated carbocycles. The van der Waals surface area contributed by atoms with Crippen LogP contribution in [0.3, 0.4) is 0 Å². The zero-order valence-electron chi connectivity index (χ0n) is 11.8. The molecule has 0 bridgehead atoms. The highest BCUT2D eigenvalue weighted by molar-refractivity contribution is 7.15. The van der Waals surface area contributed by atoms with Crippen molar-refractivity contribution >= 4 is 16.5 Å². The highest BCUT2D eigenvalue weighted by atomic mass is 32.1. The Balaban J connectivity index is 1.56. The molecular weight excluding hydrogens is 313 g/mol. The van der Waals surface area contributed by atoms with Crippen LogP contribution < -0.4 is 4.90 Å². The van der Waals surface area contributed by atoms with Crippen molar-refractivity contribution in [3.8, 4) is 0 Å². The van der Waals surface area contributed by atoms with Gasteiger partial charge in [-0.15, -0.1) is 0 Å². The summed E-state index contributed by atoms with van der Waals surface area (Å²) in [6, 6.07) is 3.93. The van der Waals surface area contributed by atoms with Crippen LogP contribution in [0.15, 0.2) is 30.7 Å². The van der Waals surface area contributed by atoms with E-state index in [0.29, 0.717) is 29.6 Å². The molecule has 0 aliphatic carbocycles. The fraction of sp³-hybridized carbons (Fsp3) is 0.429. The van der Waals surface area contributed by atoms with Crippen LogP contribution in [0.2, 0.25) is 0 Å². The second kappa shape index (κ2) is 6.21. The first-order valence-corrected chi connectivity index (χ1v) is 7.73. The lowest BCUT2D eigenvalue weighted by Gasteiger charge is -2.34. The Bertz CT molecular complexity index is 606. The van der Waals surface area contributed by atoms with Crippen LogP contribution >= 0.6 is 11.3 Å². The van der Waals surface area contributed by atoms with Crippen LogP contribution in [0.5, 0.6) is 0 Å². The van der Waals surface area contributed by atoms with Gasteiger partial charge in [0.1, 0.15) is 4.88 Å².